The molecule has 2 nitrogen and oxygen atoms in total. The van der Waals surface area contributed by atoms with Gasteiger partial charge in [-0.25, -0.2) is 0 Å². The minimum atomic E-state index is 0.646. The van der Waals surface area contributed by atoms with E-state index in [2.05, 4.69) is 56.4 Å². The first kappa shape index (κ1) is 15.6. The Morgan fingerprint density at radius 1 is 0.952 bits per heavy atom. The van der Waals surface area contributed by atoms with Crippen LogP contribution in [0.5, 0.6) is 5.75 Å². The quantitative estimate of drug-likeness (QED) is 0.825. The molecular weight excluding hydrogens is 258 g/mol. The maximum absolute atomic E-state index is 5.20. The first-order valence-electron chi connectivity index (χ1n) is 7.68. The van der Waals surface area contributed by atoms with Crippen molar-refractivity contribution in [1.29, 1.82) is 0 Å². The molecule has 0 aliphatic heterocycles. The normalized spacial score (nSPS) is 13.7. The van der Waals surface area contributed by atoms with E-state index in [1.165, 1.54) is 17.5 Å². The third-order valence-electron chi connectivity index (χ3n) is 4.19. The first-order chi connectivity index (χ1) is 10.2. The molecule has 0 radical (unpaired) electrons. The summed E-state index contributed by atoms with van der Waals surface area (Å²) in [6.45, 7) is 3.42. The summed E-state index contributed by atoms with van der Waals surface area (Å²) < 4.78 is 5.20. The summed E-state index contributed by atoms with van der Waals surface area (Å²) >= 11 is 0. The van der Waals surface area contributed by atoms with E-state index in [9.17, 15) is 0 Å². The number of aryl methyl sites for hydroxylation is 1. The van der Waals surface area contributed by atoms with Gasteiger partial charge < -0.3 is 9.64 Å². The van der Waals surface area contributed by atoms with Crippen molar-refractivity contribution in [2.45, 2.75) is 32.4 Å². The summed E-state index contributed by atoms with van der Waals surface area (Å²) in [5, 5.41) is 0. The Balaban J connectivity index is 1.81. The Hall–Kier alpha value is -1.80. The molecule has 0 aliphatic rings. The van der Waals surface area contributed by atoms with Crippen molar-refractivity contribution in [2.24, 2.45) is 0 Å². The van der Waals surface area contributed by atoms with Crippen molar-refractivity contribution in [3.8, 4) is 5.75 Å². The second-order valence-electron chi connectivity index (χ2n) is 5.80. The van der Waals surface area contributed by atoms with Crippen molar-refractivity contribution in [1.82, 2.24) is 0 Å². The van der Waals surface area contributed by atoms with E-state index in [1.807, 2.05) is 12.1 Å². The molecule has 0 amide bonds. The highest BCUT2D eigenvalue weighted by molar-refractivity contribution is 5.27. The van der Waals surface area contributed by atoms with Gasteiger partial charge in [0.15, 0.2) is 0 Å². The molecule has 2 aromatic carbocycles. The van der Waals surface area contributed by atoms with E-state index in [0.717, 1.165) is 18.7 Å². The van der Waals surface area contributed by atoms with Crippen molar-refractivity contribution in [3.63, 3.8) is 0 Å². The smallest absolute Gasteiger partial charge is 0.118 e. The Morgan fingerprint density at radius 2 is 1.62 bits per heavy atom. The summed E-state index contributed by atoms with van der Waals surface area (Å²) in [5.74, 6) is 0.929. The van der Waals surface area contributed by atoms with E-state index in [-0.39, 0.29) is 0 Å². The Kier molecular flexibility index (Phi) is 5.82. The number of hydrogen-bond donors (Lipinski definition) is 1. The molecule has 1 unspecified atom stereocenters. The lowest BCUT2D eigenvalue weighted by Crippen LogP contribution is -3.11. The molecule has 0 saturated heterocycles. The third-order valence-corrected chi connectivity index (χ3v) is 4.19. The lowest BCUT2D eigenvalue weighted by atomic mass is 10.0. The summed E-state index contributed by atoms with van der Waals surface area (Å²) in [6.07, 6.45) is 2.32. The van der Waals surface area contributed by atoms with Crippen molar-refractivity contribution in [3.05, 3.63) is 65.7 Å². The van der Waals surface area contributed by atoms with Gasteiger partial charge >= 0.3 is 0 Å². The zero-order valence-corrected chi connectivity index (χ0v) is 13.3. The van der Waals surface area contributed by atoms with E-state index in [1.54, 1.807) is 12.0 Å². The fourth-order valence-electron chi connectivity index (χ4n) is 2.51. The number of benzene rings is 2. The first-order valence-corrected chi connectivity index (χ1v) is 7.68. The number of hydrogen-bond acceptors (Lipinski definition) is 1. The number of rotatable bonds is 7. The van der Waals surface area contributed by atoms with Crippen molar-refractivity contribution < 1.29 is 9.64 Å². The second kappa shape index (κ2) is 7.84. The van der Waals surface area contributed by atoms with Gasteiger partial charge in [-0.3, -0.25) is 0 Å². The topological polar surface area (TPSA) is 13.7 Å². The van der Waals surface area contributed by atoms with Gasteiger partial charge in [0.25, 0.3) is 0 Å². The van der Waals surface area contributed by atoms with Crippen LogP contribution in [-0.2, 0) is 13.0 Å². The molecule has 0 fully saturated rings. The lowest BCUT2D eigenvalue weighted by Gasteiger charge is -2.22. The fourth-order valence-corrected chi connectivity index (χ4v) is 2.51. The Labute approximate surface area is 128 Å². The third kappa shape index (κ3) is 4.91. The van der Waals surface area contributed by atoms with Gasteiger partial charge in [-0.2, -0.15) is 0 Å². The van der Waals surface area contributed by atoms with Gasteiger partial charge in [0.05, 0.1) is 20.2 Å². The fraction of sp³-hybridized carbons (Fsp3) is 0.368. The zero-order chi connectivity index (χ0) is 15.1. The minimum Gasteiger partial charge on any atom is -0.497 e. The standard InChI is InChI=1S/C19H25NO/c1-16(20(2)15-18-7-5-4-6-8-18)9-10-17-11-13-19(21-3)14-12-17/h4-8,11-14,16H,9-10,15H2,1-3H3/p+1/t16-/m0/s1. The summed E-state index contributed by atoms with van der Waals surface area (Å²) in [4.78, 5) is 1.56. The largest absolute Gasteiger partial charge is 0.497 e. The van der Waals surface area contributed by atoms with Crippen molar-refractivity contribution >= 4 is 0 Å². The van der Waals surface area contributed by atoms with Gasteiger partial charge in [-0.1, -0.05) is 42.5 Å². The summed E-state index contributed by atoms with van der Waals surface area (Å²) in [6, 6.07) is 19.8. The van der Waals surface area contributed by atoms with Crippen LogP contribution in [-0.4, -0.2) is 20.2 Å². The van der Waals surface area contributed by atoms with Gasteiger partial charge in [0.1, 0.15) is 12.3 Å². The van der Waals surface area contributed by atoms with Crippen LogP contribution >= 0.6 is 0 Å². The van der Waals surface area contributed by atoms with Crippen LogP contribution < -0.4 is 9.64 Å². The van der Waals surface area contributed by atoms with Crippen LogP contribution in [0.3, 0.4) is 0 Å². The molecule has 0 heterocycles. The van der Waals surface area contributed by atoms with Crippen LogP contribution in [0.15, 0.2) is 54.6 Å². The van der Waals surface area contributed by atoms with Crippen LogP contribution in [0.4, 0.5) is 0 Å². The molecule has 0 saturated carbocycles. The van der Waals surface area contributed by atoms with E-state index >= 15 is 0 Å². The number of methoxy groups -OCH3 is 1. The highest BCUT2D eigenvalue weighted by Crippen LogP contribution is 2.12. The van der Waals surface area contributed by atoms with Crippen LogP contribution in [0.2, 0.25) is 0 Å². The molecule has 0 aromatic heterocycles. The molecule has 2 heteroatoms. The number of nitrogens with one attached hydrogen (secondary N) is 1. The minimum absolute atomic E-state index is 0.646. The summed E-state index contributed by atoms with van der Waals surface area (Å²) in [7, 11) is 3.99. The molecule has 0 spiro atoms. The van der Waals surface area contributed by atoms with Gasteiger partial charge in [-0.15, -0.1) is 0 Å². The molecule has 1 N–H and O–H groups in total. The Bertz CT molecular complexity index is 521. The van der Waals surface area contributed by atoms with Gasteiger partial charge in [0.2, 0.25) is 0 Å². The van der Waals surface area contributed by atoms with E-state index < -0.39 is 0 Å². The van der Waals surface area contributed by atoms with Gasteiger partial charge in [0, 0.05) is 12.0 Å². The molecule has 2 rings (SSSR count). The van der Waals surface area contributed by atoms with Crippen molar-refractivity contribution in [2.75, 3.05) is 14.2 Å². The number of quaternary nitrogens is 1. The monoisotopic (exact) mass is 284 g/mol. The molecule has 0 aliphatic carbocycles. The summed E-state index contributed by atoms with van der Waals surface area (Å²) in [5.41, 5.74) is 2.79. The molecular formula is C19H26NO+. The highest BCUT2D eigenvalue weighted by Gasteiger charge is 2.13. The Morgan fingerprint density at radius 3 is 2.24 bits per heavy atom. The predicted octanol–water partition coefficient (Wildman–Crippen LogP) is 2.73. The average molecular weight is 284 g/mol. The molecule has 0 bridgehead atoms. The second-order valence-corrected chi connectivity index (χ2v) is 5.80. The lowest BCUT2D eigenvalue weighted by molar-refractivity contribution is -0.918. The highest BCUT2D eigenvalue weighted by atomic mass is 16.5. The zero-order valence-electron chi connectivity index (χ0n) is 13.3. The SMILES string of the molecule is COc1ccc(CC[C@H](C)[NH+](C)Cc2ccccc2)cc1. The van der Waals surface area contributed by atoms with E-state index in [4.69, 9.17) is 4.74 Å². The number of ether oxygens (including phenoxy) is 1. The van der Waals surface area contributed by atoms with Crippen LogP contribution in [0.25, 0.3) is 0 Å². The van der Waals surface area contributed by atoms with E-state index in [0.29, 0.717) is 6.04 Å². The molecule has 2 atom stereocenters. The molecule has 21 heavy (non-hydrogen) atoms. The maximum Gasteiger partial charge on any atom is 0.118 e. The molecule has 2 aromatic rings. The van der Waals surface area contributed by atoms with Crippen LogP contribution in [0.1, 0.15) is 24.5 Å². The predicted molar refractivity (Wildman–Crippen MR) is 87.8 cm³/mol. The van der Waals surface area contributed by atoms with Gasteiger partial charge in [-0.05, 0) is 31.0 Å². The average Bonchev–Trinajstić information content (AvgIpc) is 2.54. The molecule has 112 valence electrons. The maximum atomic E-state index is 5.20. The van der Waals surface area contributed by atoms with Crippen LogP contribution in [0, 0.1) is 0 Å².